The minimum Gasteiger partial charge on any atom is -0.507 e. The highest BCUT2D eigenvalue weighted by atomic mass is 35.5. The van der Waals surface area contributed by atoms with Gasteiger partial charge in [0.2, 0.25) is 5.56 Å². The van der Waals surface area contributed by atoms with E-state index in [1.807, 2.05) is 0 Å². The molecule has 0 bridgehead atoms. The highest BCUT2D eigenvalue weighted by Crippen LogP contribution is 2.37. The molecule has 0 spiro atoms. The van der Waals surface area contributed by atoms with Crippen LogP contribution < -0.4 is 5.56 Å². The number of hydrogen-bond donors (Lipinski definition) is 2. The van der Waals surface area contributed by atoms with E-state index >= 15 is 0 Å². The first-order valence-corrected chi connectivity index (χ1v) is 6.87. The Morgan fingerprint density at radius 3 is 2.43 bits per heavy atom. The molecule has 1 heterocycles. The van der Waals surface area contributed by atoms with Gasteiger partial charge in [0.15, 0.2) is 0 Å². The first kappa shape index (κ1) is 15.4. The van der Waals surface area contributed by atoms with E-state index in [0.29, 0.717) is 5.02 Å². The summed E-state index contributed by atoms with van der Waals surface area (Å²) in [5.74, 6) is -0.182. The van der Waals surface area contributed by atoms with Crippen molar-refractivity contribution in [1.82, 2.24) is 4.98 Å². The zero-order valence-electron chi connectivity index (χ0n) is 11.4. The second-order valence-corrected chi connectivity index (χ2v) is 5.40. The van der Waals surface area contributed by atoms with Crippen LogP contribution in [0.4, 0.5) is 13.2 Å². The molecule has 0 atom stereocenters. The largest absolute Gasteiger partial charge is 0.507 e. The molecule has 2 aromatic carbocycles. The van der Waals surface area contributed by atoms with Crippen LogP contribution in [0.15, 0.2) is 47.3 Å². The average Bonchev–Trinajstić information content (AvgIpc) is 2.47. The van der Waals surface area contributed by atoms with Crippen LogP contribution in [0.5, 0.6) is 5.75 Å². The maximum absolute atomic E-state index is 12.9. The summed E-state index contributed by atoms with van der Waals surface area (Å²) < 4.78 is 38.8. The van der Waals surface area contributed by atoms with Crippen LogP contribution in [0.2, 0.25) is 5.02 Å². The Morgan fingerprint density at radius 1 is 1.00 bits per heavy atom. The topological polar surface area (TPSA) is 53.1 Å². The van der Waals surface area contributed by atoms with Crippen LogP contribution in [0.3, 0.4) is 0 Å². The number of aromatic amines is 1. The van der Waals surface area contributed by atoms with E-state index in [9.17, 15) is 23.1 Å². The summed E-state index contributed by atoms with van der Waals surface area (Å²) in [6, 6.07) is 8.29. The van der Waals surface area contributed by atoms with Crippen molar-refractivity contribution in [2.45, 2.75) is 6.18 Å². The van der Waals surface area contributed by atoms with Crippen molar-refractivity contribution in [2.24, 2.45) is 0 Å². The molecule has 0 radical (unpaired) electrons. The molecule has 0 unspecified atom stereocenters. The predicted molar refractivity (Wildman–Crippen MR) is 81.7 cm³/mol. The fraction of sp³-hybridized carbons (Fsp3) is 0.0625. The van der Waals surface area contributed by atoms with Gasteiger partial charge in [-0.3, -0.25) is 4.79 Å². The van der Waals surface area contributed by atoms with Crippen LogP contribution >= 0.6 is 11.6 Å². The lowest BCUT2D eigenvalue weighted by Gasteiger charge is -2.12. The van der Waals surface area contributed by atoms with E-state index < -0.39 is 17.3 Å². The zero-order valence-corrected chi connectivity index (χ0v) is 12.2. The third-order valence-electron chi connectivity index (χ3n) is 3.42. The average molecular weight is 340 g/mol. The lowest BCUT2D eigenvalue weighted by molar-refractivity contribution is -0.137. The molecule has 0 fully saturated rings. The van der Waals surface area contributed by atoms with Gasteiger partial charge in [-0.05, 0) is 36.4 Å². The van der Waals surface area contributed by atoms with Crippen LogP contribution in [-0.4, -0.2) is 10.1 Å². The van der Waals surface area contributed by atoms with Gasteiger partial charge in [0, 0.05) is 33.1 Å². The molecule has 23 heavy (non-hydrogen) atoms. The van der Waals surface area contributed by atoms with Crippen molar-refractivity contribution < 1.29 is 18.3 Å². The number of benzene rings is 2. The van der Waals surface area contributed by atoms with E-state index in [1.54, 1.807) is 0 Å². The molecular formula is C16H9ClF3NO2. The lowest BCUT2D eigenvalue weighted by Crippen LogP contribution is -2.08. The summed E-state index contributed by atoms with van der Waals surface area (Å²) >= 11 is 5.88. The van der Waals surface area contributed by atoms with Crippen molar-refractivity contribution in [3.63, 3.8) is 0 Å². The van der Waals surface area contributed by atoms with Crippen molar-refractivity contribution in [3.05, 3.63) is 63.4 Å². The van der Waals surface area contributed by atoms with E-state index in [-0.39, 0.29) is 27.8 Å². The van der Waals surface area contributed by atoms with E-state index in [0.717, 1.165) is 18.2 Å². The number of H-pyrrole nitrogens is 1. The molecule has 118 valence electrons. The molecule has 0 saturated heterocycles. The molecule has 3 rings (SSSR count). The number of nitrogens with one attached hydrogen (secondary N) is 1. The Labute approximate surface area is 133 Å². The van der Waals surface area contributed by atoms with Gasteiger partial charge in [-0.15, -0.1) is 0 Å². The number of phenolic OH excluding ortho intramolecular Hbond substituents is 1. The number of aromatic hydroxyl groups is 1. The second kappa shape index (κ2) is 5.31. The van der Waals surface area contributed by atoms with Crippen molar-refractivity contribution in [2.75, 3.05) is 0 Å². The lowest BCUT2D eigenvalue weighted by atomic mass is 9.99. The molecule has 1 aromatic heterocycles. The summed E-state index contributed by atoms with van der Waals surface area (Å²) in [4.78, 5) is 14.2. The number of aromatic nitrogens is 1. The number of alkyl halides is 3. The van der Waals surface area contributed by atoms with Gasteiger partial charge < -0.3 is 10.1 Å². The number of hydrogen-bond acceptors (Lipinski definition) is 2. The first-order chi connectivity index (χ1) is 10.8. The Hall–Kier alpha value is -2.47. The molecular weight excluding hydrogens is 331 g/mol. The fourth-order valence-electron chi connectivity index (χ4n) is 2.38. The predicted octanol–water partition coefficient (Wildman–Crippen LogP) is 4.57. The molecule has 2 N–H and O–H groups in total. The summed E-state index contributed by atoms with van der Waals surface area (Å²) in [5.41, 5.74) is -0.742. The van der Waals surface area contributed by atoms with Gasteiger partial charge in [-0.25, -0.2) is 0 Å². The van der Waals surface area contributed by atoms with Crippen LogP contribution in [0, 0.1) is 0 Å². The van der Waals surface area contributed by atoms with Gasteiger partial charge in [0.05, 0.1) is 5.56 Å². The fourth-order valence-corrected chi connectivity index (χ4v) is 2.55. The molecule has 7 heteroatoms. The zero-order chi connectivity index (χ0) is 16.8. The summed E-state index contributed by atoms with van der Waals surface area (Å²) in [6.07, 6.45) is -4.52. The molecule has 0 aliphatic heterocycles. The van der Waals surface area contributed by atoms with Gasteiger partial charge in [0.1, 0.15) is 5.75 Å². The van der Waals surface area contributed by atoms with E-state index in [1.165, 1.54) is 24.3 Å². The highest BCUT2D eigenvalue weighted by Gasteiger charge is 2.30. The van der Waals surface area contributed by atoms with E-state index in [2.05, 4.69) is 4.98 Å². The number of phenols is 1. The third-order valence-corrected chi connectivity index (χ3v) is 3.65. The summed E-state index contributed by atoms with van der Waals surface area (Å²) in [5, 5.41) is 10.4. The smallest absolute Gasteiger partial charge is 0.416 e. The quantitative estimate of drug-likeness (QED) is 0.682. The van der Waals surface area contributed by atoms with Gasteiger partial charge >= 0.3 is 6.18 Å². The molecule has 0 aliphatic rings. The third kappa shape index (κ3) is 2.90. The minimum absolute atomic E-state index is 0.164. The van der Waals surface area contributed by atoms with Crippen LogP contribution in [-0.2, 0) is 6.18 Å². The van der Waals surface area contributed by atoms with Crippen molar-refractivity contribution in [3.8, 4) is 16.9 Å². The number of fused-ring (bicyclic) bond motifs is 1. The van der Waals surface area contributed by atoms with Gasteiger partial charge in [-0.1, -0.05) is 11.6 Å². The molecule has 3 nitrogen and oxygen atoms in total. The monoisotopic (exact) mass is 339 g/mol. The Kier molecular flexibility index (Phi) is 3.56. The minimum atomic E-state index is -4.52. The number of pyridine rings is 1. The molecule has 0 aliphatic carbocycles. The molecule has 0 saturated carbocycles. The van der Waals surface area contributed by atoms with Crippen LogP contribution in [0.25, 0.3) is 22.0 Å². The number of rotatable bonds is 1. The maximum Gasteiger partial charge on any atom is 0.416 e. The number of halogens is 4. The summed E-state index contributed by atoms with van der Waals surface area (Å²) in [6.45, 7) is 0. The summed E-state index contributed by atoms with van der Waals surface area (Å²) in [7, 11) is 0. The first-order valence-electron chi connectivity index (χ1n) is 6.49. The van der Waals surface area contributed by atoms with Gasteiger partial charge in [-0.2, -0.15) is 13.2 Å². The van der Waals surface area contributed by atoms with E-state index in [4.69, 9.17) is 11.6 Å². The van der Waals surface area contributed by atoms with Gasteiger partial charge in [0.25, 0.3) is 0 Å². The highest BCUT2D eigenvalue weighted by molar-refractivity contribution is 6.31. The second-order valence-electron chi connectivity index (χ2n) is 4.97. The molecule has 3 aromatic rings. The maximum atomic E-state index is 12.9. The van der Waals surface area contributed by atoms with Crippen molar-refractivity contribution in [1.29, 1.82) is 0 Å². The normalized spacial score (nSPS) is 11.8. The van der Waals surface area contributed by atoms with Crippen molar-refractivity contribution >= 4 is 22.5 Å². The Morgan fingerprint density at radius 2 is 1.74 bits per heavy atom. The molecule has 0 amide bonds. The Bertz CT molecular complexity index is 964. The standard InChI is InChI=1S/C16H9ClF3NO2/c17-9-2-4-14(22)12(6-9)10-7-15(23)21-13-3-1-8(5-11(10)13)16(18,19)20/h1-7,22H,(H,21,23). The Balaban J connectivity index is 2.39. The van der Waals surface area contributed by atoms with Crippen LogP contribution in [0.1, 0.15) is 5.56 Å². The SMILES string of the molecule is O=c1cc(-c2cc(Cl)ccc2O)c2cc(C(F)(F)F)ccc2[nH]1.